The Labute approximate surface area is 237 Å². The van der Waals surface area contributed by atoms with Crippen molar-refractivity contribution in [1.82, 2.24) is 5.32 Å². The zero-order valence-corrected chi connectivity index (χ0v) is 24.2. The lowest BCUT2D eigenvalue weighted by Crippen LogP contribution is -2.45. The van der Waals surface area contributed by atoms with Crippen molar-refractivity contribution in [3.8, 4) is 23.0 Å². The number of ether oxygens (including phenoxy) is 4. The Balaban J connectivity index is 1.71. The van der Waals surface area contributed by atoms with Crippen molar-refractivity contribution < 1.29 is 36.6 Å². The minimum Gasteiger partial charge on any atom is -0.497 e. The number of fused-ring (bicyclic) bond motifs is 1. The highest BCUT2D eigenvalue weighted by molar-refractivity contribution is 7.92. The third-order valence-electron chi connectivity index (χ3n) is 6.43. The second kappa shape index (κ2) is 11.4. The van der Waals surface area contributed by atoms with Gasteiger partial charge in [-0.05, 0) is 62.4 Å². The molecule has 40 heavy (non-hydrogen) atoms. The van der Waals surface area contributed by atoms with Gasteiger partial charge < -0.3 is 24.3 Å². The molecule has 9 nitrogen and oxygen atoms in total. The summed E-state index contributed by atoms with van der Waals surface area (Å²) in [6.07, 6.45) is 0.420. The van der Waals surface area contributed by atoms with Crippen molar-refractivity contribution in [1.29, 1.82) is 0 Å². The van der Waals surface area contributed by atoms with Crippen molar-refractivity contribution >= 4 is 33.2 Å². The first-order valence-corrected chi connectivity index (χ1v) is 14.1. The van der Waals surface area contributed by atoms with Crippen LogP contribution in [0.3, 0.4) is 0 Å². The monoisotopic (exact) mass is 592 g/mol. The summed E-state index contributed by atoms with van der Waals surface area (Å²) in [5.41, 5.74) is 0.104. The first-order valence-electron chi connectivity index (χ1n) is 12.2. The number of nitrogens with zero attached hydrogens (tertiary/aromatic N) is 1. The van der Waals surface area contributed by atoms with Crippen LogP contribution in [0.5, 0.6) is 23.0 Å². The van der Waals surface area contributed by atoms with E-state index in [0.717, 1.165) is 16.4 Å². The van der Waals surface area contributed by atoms with Crippen LogP contribution in [0.4, 0.5) is 10.1 Å². The number of hydrogen-bond donors (Lipinski definition) is 1. The number of methoxy groups -OCH3 is 3. The van der Waals surface area contributed by atoms with Gasteiger partial charge in [-0.25, -0.2) is 12.8 Å². The van der Waals surface area contributed by atoms with Crippen molar-refractivity contribution in [3.05, 3.63) is 71.0 Å². The molecule has 12 heteroatoms. The van der Waals surface area contributed by atoms with Crippen molar-refractivity contribution in [2.75, 3.05) is 32.2 Å². The van der Waals surface area contributed by atoms with E-state index in [4.69, 9.17) is 30.5 Å². The number of carbonyl (C=O) groups is 1. The second-order valence-corrected chi connectivity index (χ2v) is 12.0. The van der Waals surface area contributed by atoms with Gasteiger partial charge in [0.1, 0.15) is 29.5 Å². The molecule has 0 aliphatic carbocycles. The Morgan fingerprint density at radius 1 is 1.05 bits per heavy atom. The van der Waals surface area contributed by atoms with E-state index in [1.807, 2.05) is 13.8 Å². The molecule has 0 fully saturated rings. The lowest BCUT2D eigenvalue weighted by Gasteiger charge is -2.38. The summed E-state index contributed by atoms with van der Waals surface area (Å²) >= 11 is 5.99. The lowest BCUT2D eigenvalue weighted by molar-refractivity contribution is -0.120. The Morgan fingerprint density at radius 3 is 2.42 bits per heavy atom. The topological polar surface area (TPSA) is 103 Å². The zero-order valence-electron chi connectivity index (χ0n) is 22.7. The quantitative estimate of drug-likeness (QED) is 0.368. The molecule has 1 amide bonds. The Hall–Kier alpha value is -3.70. The zero-order chi connectivity index (χ0) is 29.2. The summed E-state index contributed by atoms with van der Waals surface area (Å²) < 4.78 is 64.5. The van der Waals surface area contributed by atoms with E-state index < -0.39 is 39.9 Å². The molecule has 0 saturated heterocycles. The number of benzene rings is 3. The minimum absolute atomic E-state index is 0.00529. The molecule has 1 aliphatic heterocycles. The summed E-state index contributed by atoms with van der Waals surface area (Å²) in [5.74, 6) is 0.351. The van der Waals surface area contributed by atoms with E-state index in [1.165, 1.54) is 45.6 Å². The van der Waals surface area contributed by atoms with Crippen LogP contribution in [0, 0.1) is 5.82 Å². The van der Waals surface area contributed by atoms with Gasteiger partial charge in [-0.2, -0.15) is 0 Å². The smallest absolute Gasteiger partial charge is 0.264 e. The van der Waals surface area contributed by atoms with Crippen LogP contribution in [0.25, 0.3) is 0 Å². The number of nitrogens with one attached hydrogen (secondary N) is 1. The lowest BCUT2D eigenvalue weighted by atomic mass is 9.89. The van der Waals surface area contributed by atoms with E-state index in [9.17, 15) is 17.6 Å². The van der Waals surface area contributed by atoms with Crippen LogP contribution >= 0.6 is 11.6 Å². The average Bonchev–Trinajstić information content (AvgIpc) is 2.92. The van der Waals surface area contributed by atoms with E-state index in [0.29, 0.717) is 29.2 Å². The molecule has 0 spiro atoms. The molecular weight excluding hydrogens is 563 g/mol. The van der Waals surface area contributed by atoms with Gasteiger partial charge >= 0.3 is 0 Å². The number of anilines is 1. The summed E-state index contributed by atoms with van der Waals surface area (Å²) in [4.78, 5) is 13.3. The standard InChI is InChI=1S/C28H30ClFN2O7S/c1-28(2)15-23(20-13-18(36-3)7-10-24(20)39-28)31-27(33)16-32(17-6-9-22(30)21(29)12-17)40(34,35)19-8-11-25(37-4)26(14-19)38-5/h6-14,23H,15-16H2,1-5H3,(H,31,33). The fraction of sp³-hybridized carbons (Fsp3) is 0.321. The Bertz CT molecular complexity index is 1530. The van der Waals surface area contributed by atoms with Gasteiger partial charge in [-0.15, -0.1) is 0 Å². The Morgan fingerprint density at radius 2 is 1.77 bits per heavy atom. The summed E-state index contributed by atoms with van der Waals surface area (Å²) in [6.45, 7) is 3.18. The van der Waals surface area contributed by atoms with Crippen LogP contribution in [-0.4, -0.2) is 47.8 Å². The summed E-state index contributed by atoms with van der Waals surface area (Å²) in [7, 11) is -0.0232. The molecule has 4 rings (SSSR count). The van der Waals surface area contributed by atoms with Crippen molar-refractivity contribution in [2.24, 2.45) is 0 Å². The van der Waals surface area contributed by atoms with Crippen LogP contribution in [0.1, 0.15) is 31.9 Å². The maximum absolute atomic E-state index is 14.0. The molecule has 1 N–H and O–H groups in total. The number of hydrogen-bond acceptors (Lipinski definition) is 7. The number of carbonyl (C=O) groups excluding carboxylic acids is 1. The number of rotatable bonds is 9. The fourth-order valence-corrected chi connectivity index (χ4v) is 6.12. The highest BCUT2D eigenvalue weighted by Gasteiger charge is 2.36. The highest BCUT2D eigenvalue weighted by atomic mass is 35.5. The van der Waals surface area contributed by atoms with Gasteiger partial charge in [0.2, 0.25) is 5.91 Å². The predicted octanol–water partition coefficient (Wildman–Crippen LogP) is 5.12. The first-order chi connectivity index (χ1) is 18.9. The second-order valence-electron chi connectivity index (χ2n) is 9.72. The molecule has 1 unspecified atom stereocenters. The van der Waals surface area contributed by atoms with Crippen LogP contribution in [0.2, 0.25) is 5.02 Å². The molecule has 1 heterocycles. The summed E-state index contributed by atoms with van der Waals surface area (Å²) in [5, 5.41) is 2.65. The van der Waals surface area contributed by atoms with Crippen LogP contribution < -0.4 is 28.6 Å². The first kappa shape index (κ1) is 29.3. The van der Waals surface area contributed by atoms with E-state index in [-0.39, 0.29) is 21.4 Å². The van der Waals surface area contributed by atoms with E-state index in [1.54, 1.807) is 18.2 Å². The SMILES string of the molecule is COc1ccc2c(c1)C(NC(=O)CN(c1ccc(F)c(Cl)c1)S(=O)(=O)c1ccc(OC)c(OC)c1)CC(C)(C)O2. The number of amides is 1. The van der Waals surface area contributed by atoms with Gasteiger partial charge in [0, 0.05) is 18.1 Å². The molecule has 1 atom stereocenters. The predicted molar refractivity (Wildman–Crippen MR) is 149 cm³/mol. The third kappa shape index (κ3) is 6.05. The molecule has 214 valence electrons. The van der Waals surface area contributed by atoms with E-state index >= 15 is 0 Å². The normalized spacial score (nSPS) is 15.8. The van der Waals surface area contributed by atoms with Crippen molar-refractivity contribution in [3.63, 3.8) is 0 Å². The van der Waals surface area contributed by atoms with Gasteiger partial charge in [0.05, 0.1) is 43.0 Å². The largest absolute Gasteiger partial charge is 0.497 e. The Kier molecular flexibility index (Phi) is 8.36. The third-order valence-corrected chi connectivity index (χ3v) is 8.49. The van der Waals surface area contributed by atoms with Crippen LogP contribution in [0.15, 0.2) is 59.5 Å². The number of halogens is 2. The molecule has 0 bridgehead atoms. The number of sulfonamides is 1. The van der Waals surface area contributed by atoms with Crippen LogP contribution in [-0.2, 0) is 14.8 Å². The average molecular weight is 593 g/mol. The fourth-order valence-electron chi connectivity index (χ4n) is 4.52. The van der Waals surface area contributed by atoms with E-state index in [2.05, 4.69) is 5.32 Å². The van der Waals surface area contributed by atoms with Gasteiger partial charge in [-0.3, -0.25) is 9.10 Å². The molecular formula is C28H30ClFN2O7S. The molecule has 1 aliphatic rings. The molecule has 0 radical (unpaired) electrons. The highest BCUT2D eigenvalue weighted by Crippen LogP contribution is 2.41. The maximum atomic E-state index is 14.0. The maximum Gasteiger partial charge on any atom is 0.264 e. The molecule has 3 aromatic rings. The molecule has 0 saturated carbocycles. The minimum atomic E-state index is -4.36. The van der Waals surface area contributed by atoms with Gasteiger partial charge in [-0.1, -0.05) is 11.6 Å². The molecule has 0 aromatic heterocycles. The summed E-state index contributed by atoms with van der Waals surface area (Å²) in [6, 6.07) is 12.3. The van der Waals surface area contributed by atoms with Gasteiger partial charge in [0.25, 0.3) is 10.0 Å². The molecule has 3 aromatic carbocycles. The van der Waals surface area contributed by atoms with Crippen molar-refractivity contribution in [2.45, 2.75) is 36.8 Å². The van der Waals surface area contributed by atoms with Gasteiger partial charge in [0.15, 0.2) is 11.5 Å².